The lowest BCUT2D eigenvalue weighted by molar-refractivity contribution is -0.384. The highest BCUT2D eigenvalue weighted by Crippen LogP contribution is 2.31. The quantitative estimate of drug-likeness (QED) is 0.490. The van der Waals surface area contributed by atoms with E-state index >= 15 is 0 Å². The lowest BCUT2D eigenvalue weighted by Gasteiger charge is -2.27. The van der Waals surface area contributed by atoms with Gasteiger partial charge in [0.05, 0.1) is 29.8 Å². The standard InChI is InChI=1S/C18H19N3O3S/c1-24-17-11-13(21(22)23)9-10-16(17)20-18(25)19-15-8-4-6-12-5-2-3-7-14(12)15/h2-3,5,7,9-11,15H,4,6,8H2,1H3,(H2,19,20,25). The molecule has 130 valence electrons. The van der Waals surface area contributed by atoms with E-state index in [1.165, 1.54) is 30.4 Å². The van der Waals surface area contributed by atoms with Gasteiger partial charge in [0, 0.05) is 6.07 Å². The Morgan fingerprint density at radius 3 is 2.88 bits per heavy atom. The molecule has 2 N–H and O–H groups in total. The third-order valence-electron chi connectivity index (χ3n) is 4.32. The van der Waals surface area contributed by atoms with Crippen molar-refractivity contribution < 1.29 is 9.66 Å². The molecule has 2 aromatic carbocycles. The Kier molecular flexibility index (Phi) is 5.14. The van der Waals surface area contributed by atoms with Crippen molar-refractivity contribution in [3.63, 3.8) is 0 Å². The number of nitro groups is 1. The Morgan fingerprint density at radius 1 is 1.32 bits per heavy atom. The molecule has 0 heterocycles. The number of nitrogens with zero attached hydrogens (tertiary/aromatic N) is 1. The molecule has 1 aliphatic carbocycles. The first-order valence-electron chi connectivity index (χ1n) is 8.06. The maximum Gasteiger partial charge on any atom is 0.273 e. The molecule has 0 amide bonds. The molecular weight excluding hydrogens is 338 g/mol. The zero-order valence-electron chi connectivity index (χ0n) is 13.8. The van der Waals surface area contributed by atoms with Crippen LogP contribution in [0.4, 0.5) is 11.4 Å². The molecule has 25 heavy (non-hydrogen) atoms. The highest BCUT2D eigenvalue weighted by atomic mass is 32.1. The number of hydrogen-bond acceptors (Lipinski definition) is 4. The summed E-state index contributed by atoms with van der Waals surface area (Å²) in [7, 11) is 1.47. The largest absolute Gasteiger partial charge is 0.494 e. The van der Waals surface area contributed by atoms with Crippen LogP contribution >= 0.6 is 12.2 Å². The topological polar surface area (TPSA) is 76.4 Å². The van der Waals surface area contributed by atoms with Gasteiger partial charge in [0.15, 0.2) is 5.11 Å². The first-order valence-corrected chi connectivity index (χ1v) is 8.47. The zero-order valence-corrected chi connectivity index (χ0v) is 14.6. The number of fused-ring (bicyclic) bond motifs is 1. The molecule has 6 nitrogen and oxygen atoms in total. The molecule has 0 aliphatic heterocycles. The third-order valence-corrected chi connectivity index (χ3v) is 4.54. The van der Waals surface area contributed by atoms with E-state index in [1.807, 2.05) is 6.07 Å². The van der Waals surface area contributed by atoms with Crippen molar-refractivity contribution in [1.82, 2.24) is 5.32 Å². The molecule has 0 saturated carbocycles. The van der Waals surface area contributed by atoms with Crippen LogP contribution in [-0.2, 0) is 6.42 Å². The van der Waals surface area contributed by atoms with Crippen LogP contribution in [0.5, 0.6) is 5.75 Å². The number of anilines is 1. The fraction of sp³-hybridized carbons (Fsp3) is 0.278. The van der Waals surface area contributed by atoms with Crippen molar-refractivity contribution in [2.75, 3.05) is 12.4 Å². The average molecular weight is 357 g/mol. The first kappa shape index (κ1) is 17.2. The molecule has 0 aromatic heterocycles. The summed E-state index contributed by atoms with van der Waals surface area (Å²) in [6.07, 6.45) is 3.21. The Balaban J connectivity index is 1.72. The Morgan fingerprint density at radius 2 is 2.12 bits per heavy atom. The first-order chi connectivity index (χ1) is 12.1. The molecule has 1 unspecified atom stereocenters. The number of ether oxygens (including phenoxy) is 1. The van der Waals surface area contributed by atoms with Crippen LogP contribution in [0.25, 0.3) is 0 Å². The fourth-order valence-corrected chi connectivity index (χ4v) is 3.37. The minimum Gasteiger partial charge on any atom is -0.494 e. The van der Waals surface area contributed by atoms with E-state index in [1.54, 1.807) is 6.07 Å². The van der Waals surface area contributed by atoms with Crippen LogP contribution in [0.2, 0.25) is 0 Å². The molecule has 1 atom stereocenters. The molecule has 0 spiro atoms. The predicted molar refractivity (Wildman–Crippen MR) is 101 cm³/mol. The van der Waals surface area contributed by atoms with Gasteiger partial charge in [0.25, 0.3) is 5.69 Å². The number of methoxy groups -OCH3 is 1. The van der Waals surface area contributed by atoms with Crippen molar-refractivity contribution in [3.05, 3.63) is 63.7 Å². The SMILES string of the molecule is COc1cc([N+](=O)[O-])ccc1NC(=S)NC1CCCc2ccccc21. The number of thiocarbonyl (C=S) groups is 1. The van der Waals surface area contributed by atoms with Gasteiger partial charge >= 0.3 is 0 Å². The van der Waals surface area contributed by atoms with Gasteiger partial charge in [-0.2, -0.15) is 0 Å². The predicted octanol–water partition coefficient (Wildman–Crippen LogP) is 3.97. The Hall–Kier alpha value is -2.67. The number of aryl methyl sites for hydroxylation is 1. The summed E-state index contributed by atoms with van der Waals surface area (Å²) in [6.45, 7) is 0. The van der Waals surface area contributed by atoms with Crippen LogP contribution in [0.3, 0.4) is 0 Å². The number of non-ortho nitro benzene ring substituents is 1. The molecule has 0 saturated heterocycles. The minimum atomic E-state index is -0.457. The highest BCUT2D eigenvalue weighted by Gasteiger charge is 2.20. The van der Waals surface area contributed by atoms with Crippen molar-refractivity contribution in [3.8, 4) is 5.75 Å². The van der Waals surface area contributed by atoms with Gasteiger partial charge in [0.2, 0.25) is 0 Å². The van der Waals surface area contributed by atoms with Gasteiger partial charge in [-0.15, -0.1) is 0 Å². The summed E-state index contributed by atoms with van der Waals surface area (Å²) < 4.78 is 5.23. The lowest BCUT2D eigenvalue weighted by atomic mass is 9.88. The lowest BCUT2D eigenvalue weighted by Crippen LogP contribution is -2.34. The molecule has 1 aliphatic rings. The van der Waals surface area contributed by atoms with E-state index in [9.17, 15) is 10.1 Å². The van der Waals surface area contributed by atoms with Crippen LogP contribution in [-0.4, -0.2) is 17.1 Å². The van der Waals surface area contributed by atoms with E-state index in [-0.39, 0.29) is 11.7 Å². The second kappa shape index (κ2) is 7.48. The van der Waals surface area contributed by atoms with Crippen LogP contribution in [0, 0.1) is 10.1 Å². The van der Waals surface area contributed by atoms with E-state index in [2.05, 4.69) is 28.8 Å². The van der Waals surface area contributed by atoms with Gasteiger partial charge in [-0.3, -0.25) is 10.1 Å². The van der Waals surface area contributed by atoms with Crippen LogP contribution in [0.15, 0.2) is 42.5 Å². The maximum absolute atomic E-state index is 10.9. The van der Waals surface area contributed by atoms with E-state index in [0.29, 0.717) is 16.5 Å². The van der Waals surface area contributed by atoms with E-state index in [0.717, 1.165) is 19.3 Å². The van der Waals surface area contributed by atoms with Crippen molar-refractivity contribution in [1.29, 1.82) is 0 Å². The number of benzene rings is 2. The van der Waals surface area contributed by atoms with Gasteiger partial charge in [0.1, 0.15) is 5.75 Å². The van der Waals surface area contributed by atoms with E-state index < -0.39 is 4.92 Å². The monoisotopic (exact) mass is 357 g/mol. The number of nitrogens with one attached hydrogen (secondary N) is 2. The third kappa shape index (κ3) is 3.88. The number of nitro benzene ring substituents is 1. The van der Waals surface area contributed by atoms with Crippen LogP contribution in [0.1, 0.15) is 30.0 Å². The number of rotatable bonds is 4. The molecule has 2 aromatic rings. The zero-order chi connectivity index (χ0) is 17.8. The second-order valence-electron chi connectivity index (χ2n) is 5.88. The molecule has 7 heteroatoms. The molecule has 0 fully saturated rings. The van der Waals surface area contributed by atoms with Gasteiger partial charge in [-0.05, 0) is 48.7 Å². The van der Waals surface area contributed by atoms with Gasteiger partial charge in [-0.1, -0.05) is 24.3 Å². The Bertz CT molecular complexity index is 810. The Labute approximate surface area is 151 Å². The van der Waals surface area contributed by atoms with Crippen LogP contribution < -0.4 is 15.4 Å². The average Bonchev–Trinajstić information content (AvgIpc) is 2.62. The molecule has 0 radical (unpaired) electrons. The summed E-state index contributed by atoms with van der Waals surface area (Å²) in [5.41, 5.74) is 3.19. The van der Waals surface area contributed by atoms with E-state index in [4.69, 9.17) is 17.0 Å². The summed E-state index contributed by atoms with van der Waals surface area (Å²) in [6, 6.07) is 12.9. The summed E-state index contributed by atoms with van der Waals surface area (Å²) in [4.78, 5) is 10.4. The summed E-state index contributed by atoms with van der Waals surface area (Å²) in [5, 5.41) is 17.8. The summed E-state index contributed by atoms with van der Waals surface area (Å²) in [5.74, 6) is 0.377. The van der Waals surface area contributed by atoms with Crippen molar-refractivity contribution in [2.45, 2.75) is 25.3 Å². The second-order valence-corrected chi connectivity index (χ2v) is 6.29. The fourth-order valence-electron chi connectivity index (χ4n) is 3.12. The molecule has 3 rings (SSSR count). The smallest absolute Gasteiger partial charge is 0.273 e. The molecule has 0 bridgehead atoms. The van der Waals surface area contributed by atoms with Gasteiger partial charge < -0.3 is 15.4 Å². The highest BCUT2D eigenvalue weighted by molar-refractivity contribution is 7.80. The molecular formula is C18H19N3O3S. The normalized spacial score (nSPS) is 15.8. The van der Waals surface area contributed by atoms with Gasteiger partial charge in [-0.25, -0.2) is 0 Å². The van der Waals surface area contributed by atoms with Crippen molar-refractivity contribution in [2.24, 2.45) is 0 Å². The number of hydrogen-bond donors (Lipinski definition) is 2. The van der Waals surface area contributed by atoms with Crippen molar-refractivity contribution >= 4 is 28.7 Å². The maximum atomic E-state index is 10.9. The minimum absolute atomic E-state index is 0.0255. The summed E-state index contributed by atoms with van der Waals surface area (Å²) >= 11 is 5.43.